The van der Waals surface area contributed by atoms with Crippen molar-refractivity contribution in [1.29, 1.82) is 0 Å². The average Bonchev–Trinajstić information content (AvgIpc) is 3.42. The van der Waals surface area contributed by atoms with Crippen molar-refractivity contribution in [3.05, 3.63) is 72.9 Å². The Bertz CT molecular complexity index is 1390. The highest BCUT2D eigenvalue weighted by atomic mass is 32.1. The number of ether oxygens (including phenoxy) is 1. The van der Waals surface area contributed by atoms with Gasteiger partial charge >= 0.3 is 0 Å². The first-order valence-electron chi connectivity index (χ1n) is 10.8. The van der Waals surface area contributed by atoms with Gasteiger partial charge in [0.2, 0.25) is 0 Å². The van der Waals surface area contributed by atoms with Crippen molar-refractivity contribution in [3.8, 4) is 22.1 Å². The Morgan fingerprint density at radius 3 is 2.67 bits per heavy atom. The molecule has 0 bridgehead atoms. The van der Waals surface area contributed by atoms with Crippen molar-refractivity contribution in [2.45, 2.75) is 27.3 Å². The molecule has 0 aliphatic rings. The monoisotopic (exact) mass is 456 g/mol. The van der Waals surface area contributed by atoms with Crippen LogP contribution in [0.25, 0.3) is 21.6 Å². The summed E-state index contributed by atoms with van der Waals surface area (Å²) in [5.74, 6) is 1.64. The molecule has 0 saturated heterocycles. The first-order chi connectivity index (χ1) is 16.0. The van der Waals surface area contributed by atoms with Crippen LogP contribution in [0, 0.1) is 12.8 Å². The van der Waals surface area contributed by atoms with Gasteiger partial charge in [-0.05, 0) is 60.4 Å². The molecular weight excluding hydrogens is 432 g/mol. The van der Waals surface area contributed by atoms with Gasteiger partial charge in [-0.25, -0.2) is 15.0 Å². The molecule has 0 aliphatic heterocycles. The summed E-state index contributed by atoms with van der Waals surface area (Å²) < 4.78 is 8.08. The van der Waals surface area contributed by atoms with E-state index in [1.807, 2.05) is 47.2 Å². The normalized spacial score (nSPS) is 11.3. The molecule has 0 radical (unpaired) electrons. The quantitative estimate of drug-likeness (QED) is 0.303. The van der Waals surface area contributed by atoms with Crippen LogP contribution in [0.1, 0.15) is 19.4 Å². The fraction of sp³-hybridized carbons (Fsp3) is 0.200. The second-order valence-electron chi connectivity index (χ2n) is 8.29. The van der Waals surface area contributed by atoms with Gasteiger partial charge in [-0.3, -0.25) is 0 Å². The minimum atomic E-state index is 0.456. The number of rotatable bonds is 7. The van der Waals surface area contributed by atoms with Gasteiger partial charge < -0.3 is 14.6 Å². The number of anilines is 2. The van der Waals surface area contributed by atoms with E-state index in [1.54, 1.807) is 17.7 Å². The van der Waals surface area contributed by atoms with E-state index in [2.05, 4.69) is 58.2 Å². The Morgan fingerprint density at radius 1 is 1.03 bits per heavy atom. The highest BCUT2D eigenvalue weighted by Crippen LogP contribution is 2.33. The summed E-state index contributed by atoms with van der Waals surface area (Å²) in [6.07, 6.45) is 5.19. The van der Waals surface area contributed by atoms with E-state index < -0.39 is 0 Å². The SMILES string of the molecule is Cc1cccc(Nc2ncc(-c3ccc(Oc4ncnc5c4ncn5CC(C)C)cc3)s2)c1. The third kappa shape index (κ3) is 4.70. The highest BCUT2D eigenvalue weighted by molar-refractivity contribution is 7.18. The number of aromatic nitrogens is 5. The van der Waals surface area contributed by atoms with Crippen molar-refractivity contribution in [2.75, 3.05) is 5.32 Å². The highest BCUT2D eigenvalue weighted by Gasteiger charge is 2.13. The zero-order chi connectivity index (χ0) is 22.8. The molecule has 0 unspecified atom stereocenters. The lowest BCUT2D eigenvalue weighted by Gasteiger charge is -2.08. The molecule has 0 amide bonds. The molecule has 0 atom stereocenters. The summed E-state index contributed by atoms with van der Waals surface area (Å²) in [5, 5.41) is 4.23. The van der Waals surface area contributed by atoms with E-state index in [1.165, 1.54) is 11.9 Å². The Hall–Kier alpha value is -3.78. The largest absolute Gasteiger partial charge is 0.437 e. The molecule has 5 rings (SSSR count). The van der Waals surface area contributed by atoms with Gasteiger partial charge in [-0.15, -0.1) is 0 Å². The Kier molecular flexibility index (Phi) is 5.75. The molecular formula is C25H24N6OS. The van der Waals surface area contributed by atoms with Crippen LogP contribution in [0.5, 0.6) is 11.6 Å². The van der Waals surface area contributed by atoms with Crippen LogP contribution < -0.4 is 10.1 Å². The Balaban J connectivity index is 1.32. The lowest BCUT2D eigenvalue weighted by Crippen LogP contribution is -2.03. The lowest BCUT2D eigenvalue weighted by atomic mass is 10.2. The minimum absolute atomic E-state index is 0.456. The molecule has 2 aromatic carbocycles. The predicted octanol–water partition coefficient (Wildman–Crippen LogP) is 6.45. The molecule has 0 spiro atoms. The molecule has 3 heterocycles. The zero-order valence-electron chi connectivity index (χ0n) is 18.7. The molecule has 0 fully saturated rings. The Morgan fingerprint density at radius 2 is 1.88 bits per heavy atom. The predicted molar refractivity (Wildman–Crippen MR) is 132 cm³/mol. The molecule has 33 heavy (non-hydrogen) atoms. The molecule has 3 aromatic heterocycles. The fourth-order valence-electron chi connectivity index (χ4n) is 3.57. The van der Waals surface area contributed by atoms with Crippen LogP contribution in [-0.4, -0.2) is 24.5 Å². The van der Waals surface area contributed by atoms with Crippen LogP contribution in [0.15, 0.2) is 67.4 Å². The summed E-state index contributed by atoms with van der Waals surface area (Å²) >= 11 is 1.61. The van der Waals surface area contributed by atoms with E-state index in [9.17, 15) is 0 Å². The van der Waals surface area contributed by atoms with Crippen molar-refractivity contribution in [1.82, 2.24) is 24.5 Å². The second-order valence-corrected chi connectivity index (χ2v) is 9.32. The van der Waals surface area contributed by atoms with Crippen LogP contribution >= 0.6 is 11.3 Å². The lowest BCUT2D eigenvalue weighted by molar-refractivity contribution is 0.467. The summed E-state index contributed by atoms with van der Waals surface area (Å²) in [6.45, 7) is 7.25. The number of thiazole rings is 1. The summed E-state index contributed by atoms with van der Waals surface area (Å²) in [7, 11) is 0. The third-order valence-electron chi connectivity index (χ3n) is 5.06. The van der Waals surface area contributed by atoms with Crippen LogP contribution in [0.2, 0.25) is 0 Å². The van der Waals surface area contributed by atoms with E-state index in [0.29, 0.717) is 23.1 Å². The topological polar surface area (TPSA) is 77.8 Å². The first kappa shape index (κ1) is 21.1. The third-order valence-corrected chi connectivity index (χ3v) is 6.02. The minimum Gasteiger partial charge on any atom is -0.437 e. The summed E-state index contributed by atoms with van der Waals surface area (Å²) in [4.78, 5) is 18.7. The second kappa shape index (κ2) is 8.99. The van der Waals surface area contributed by atoms with Gasteiger partial charge in [0.15, 0.2) is 16.3 Å². The summed E-state index contributed by atoms with van der Waals surface area (Å²) in [6, 6.07) is 16.2. The first-order valence-corrected chi connectivity index (χ1v) is 11.6. The van der Waals surface area contributed by atoms with Gasteiger partial charge in [0.05, 0.1) is 11.2 Å². The maximum absolute atomic E-state index is 6.04. The number of aryl methyl sites for hydroxylation is 1. The fourth-order valence-corrected chi connectivity index (χ4v) is 4.41. The maximum Gasteiger partial charge on any atom is 0.250 e. The number of benzene rings is 2. The number of nitrogens with one attached hydrogen (secondary N) is 1. The van der Waals surface area contributed by atoms with Gasteiger partial charge in [-0.2, -0.15) is 4.98 Å². The van der Waals surface area contributed by atoms with Gasteiger partial charge in [0.25, 0.3) is 5.88 Å². The maximum atomic E-state index is 6.04. The average molecular weight is 457 g/mol. The van der Waals surface area contributed by atoms with Gasteiger partial charge in [-0.1, -0.05) is 37.3 Å². The van der Waals surface area contributed by atoms with Crippen molar-refractivity contribution >= 4 is 33.3 Å². The van der Waals surface area contributed by atoms with E-state index >= 15 is 0 Å². The molecule has 8 heteroatoms. The molecule has 7 nitrogen and oxygen atoms in total. The molecule has 0 saturated carbocycles. The zero-order valence-corrected chi connectivity index (χ0v) is 19.5. The van der Waals surface area contributed by atoms with Crippen molar-refractivity contribution in [2.24, 2.45) is 5.92 Å². The van der Waals surface area contributed by atoms with E-state index in [4.69, 9.17) is 4.74 Å². The Labute approximate surface area is 196 Å². The van der Waals surface area contributed by atoms with E-state index in [-0.39, 0.29) is 0 Å². The standard InChI is InChI=1S/C25H24N6OS/c1-16(2)13-31-15-29-22-23(31)27-14-28-24(22)32-20-9-7-18(8-10-20)21-12-26-25(33-21)30-19-6-4-5-17(3)11-19/h4-12,14-16H,13H2,1-3H3,(H,26,30). The number of nitrogens with zero attached hydrogens (tertiary/aromatic N) is 5. The number of imidazole rings is 1. The van der Waals surface area contributed by atoms with E-state index in [0.717, 1.165) is 33.5 Å². The summed E-state index contributed by atoms with van der Waals surface area (Å²) in [5.41, 5.74) is 4.76. The van der Waals surface area contributed by atoms with Crippen LogP contribution in [0.4, 0.5) is 10.8 Å². The number of hydrogen-bond acceptors (Lipinski definition) is 7. The van der Waals surface area contributed by atoms with Crippen molar-refractivity contribution < 1.29 is 4.74 Å². The molecule has 166 valence electrons. The van der Waals surface area contributed by atoms with Crippen LogP contribution in [0.3, 0.4) is 0 Å². The molecule has 0 aliphatic carbocycles. The van der Waals surface area contributed by atoms with Gasteiger partial charge in [0, 0.05) is 18.4 Å². The molecule has 5 aromatic rings. The number of fused-ring (bicyclic) bond motifs is 1. The van der Waals surface area contributed by atoms with Gasteiger partial charge in [0.1, 0.15) is 12.1 Å². The smallest absolute Gasteiger partial charge is 0.250 e. The van der Waals surface area contributed by atoms with Crippen molar-refractivity contribution in [3.63, 3.8) is 0 Å². The molecule has 1 N–H and O–H groups in total. The number of hydrogen-bond donors (Lipinski definition) is 1. The van der Waals surface area contributed by atoms with Crippen LogP contribution in [-0.2, 0) is 6.54 Å².